The van der Waals surface area contributed by atoms with Crippen molar-refractivity contribution in [3.8, 4) is 11.5 Å². The second-order valence-corrected chi connectivity index (χ2v) is 4.74. The van der Waals surface area contributed by atoms with Gasteiger partial charge in [-0.15, -0.1) is 0 Å². The van der Waals surface area contributed by atoms with Crippen LogP contribution in [0.25, 0.3) is 11.5 Å². The van der Waals surface area contributed by atoms with Gasteiger partial charge in [0.1, 0.15) is 17.3 Å². The van der Waals surface area contributed by atoms with Crippen molar-refractivity contribution >= 4 is 0 Å². The summed E-state index contributed by atoms with van der Waals surface area (Å²) >= 11 is 0. The Hall–Kier alpha value is -1.68. The van der Waals surface area contributed by atoms with E-state index in [0.717, 1.165) is 41.6 Å². The molecule has 2 aromatic rings. The summed E-state index contributed by atoms with van der Waals surface area (Å²) in [6, 6.07) is 5.98. The van der Waals surface area contributed by atoms with E-state index in [-0.39, 0.29) is 6.04 Å². The first-order valence-corrected chi connectivity index (χ1v) is 6.21. The SMILES string of the molecule is Cc1cc(-c2ccc(C)o2)nc(CCC(C)N)n1. The zero-order valence-electron chi connectivity index (χ0n) is 11.1. The number of nitrogens with two attached hydrogens (primary N) is 1. The molecule has 0 radical (unpaired) electrons. The number of hydrogen-bond acceptors (Lipinski definition) is 4. The molecule has 0 amide bonds. The smallest absolute Gasteiger partial charge is 0.152 e. The van der Waals surface area contributed by atoms with Crippen LogP contribution in [0, 0.1) is 13.8 Å². The fraction of sp³-hybridized carbons (Fsp3) is 0.429. The molecule has 0 bridgehead atoms. The lowest BCUT2D eigenvalue weighted by atomic mass is 10.2. The fourth-order valence-corrected chi connectivity index (χ4v) is 1.80. The minimum absolute atomic E-state index is 0.170. The first kappa shape index (κ1) is 12.8. The van der Waals surface area contributed by atoms with Crippen LogP contribution in [-0.2, 0) is 6.42 Å². The summed E-state index contributed by atoms with van der Waals surface area (Å²) in [6.45, 7) is 5.89. The molecular formula is C14H19N3O. The molecule has 0 fully saturated rings. The van der Waals surface area contributed by atoms with Crippen molar-refractivity contribution in [3.05, 3.63) is 35.5 Å². The molecule has 2 aromatic heterocycles. The molecule has 96 valence electrons. The third kappa shape index (κ3) is 3.17. The number of aryl methyl sites for hydroxylation is 3. The van der Waals surface area contributed by atoms with E-state index in [9.17, 15) is 0 Å². The molecule has 0 aromatic carbocycles. The van der Waals surface area contributed by atoms with Crippen molar-refractivity contribution in [2.24, 2.45) is 5.73 Å². The molecule has 0 aliphatic rings. The van der Waals surface area contributed by atoms with Crippen molar-refractivity contribution in [2.75, 3.05) is 0 Å². The minimum atomic E-state index is 0.170. The van der Waals surface area contributed by atoms with Crippen LogP contribution in [0.1, 0.15) is 30.6 Å². The lowest BCUT2D eigenvalue weighted by Crippen LogP contribution is -2.16. The normalized spacial score (nSPS) is 12.7. The summed E-state index contributed by atoms with van der Waals surface area (Å²) in [5.41, 5.74) is 7.55. The highest BCUT2D eigenvalue weighted by Gasteiger charge is 2.08. The lowest BCUT2D eigenvalue weighted by molar-refractivity contribution is 0.545. The predicted molar refractivity (Wildman–Crippen MR) is 71.2 cm³/mol. The Morgan fingerprint density at radius 3 is 2.67 bits per heavy atom. The van der Waals surface area contributed by atoms with Gasteiger partial charge in [-0.25, -0.2) is 9.97 Å². The Labute approximate surface area is 107 Å². The minimum Gasteiger partial charge on any atom is -0.460 e. The molecule has 0 saturated heterocycles. The number of hydrogen-bond donors (Lipinski definition) is 1. The van der Waals surface area contributed by atoms with Gasteiger partial charge < -0.3 is 10.2 Å². The van der Waals surface area contributed by atoms with Crippen molar-refractivity contribution in [1.29, 1.82) is 0 Å². The zero-order chi connectivity index (χ0) is 13.1. The van der Waals surface area contributed by atoms with Crippen molar-refractivity contribution in [3.63, 3.8) is 0 Å². The van der Waals surface area contributed by atoms with Crippen LogP contribution in [-0.4, -0.2) is 16.0 Å². The molecule has 1 unspecified atom stereocenters. The predicted octanol–water partition coefficient (Wildman–Crippen LogP) is 2.63. The Balaban J connectivity index is 2.26. The Morgan fingerprint density at radius 2 is 2.06 bits per heavy atom. The molecule has 2 heterocycles. The summed E-state index contributed by atoms with van der Waals surface area (Å²) in [6.07, 6.45) is 1.69. The number of furan rings is 1. The molecule has 1 atom stereocenters. The van der Waals surface area contributed by atoms with E-state index in [1.807, 2.05) is 39.0 Å². The highest BCUT2D eigenvalue weighted by molar-refractivity contribution is 5.52. The van der Waals surface area contributed by atoms with E-state index in [2.05, 4.69) is 9.97 Å². The molecular weight excluding hydrogens is 226 g/mol. The third-order valence-electron chi connectivity index (χ3n) is 2.72. The molecule has 0 spiro atoms. The van der Waals surface area contributed by atoms with Gasteiger partial charge in [-0.05, 0) is 45.4 Å². The van der Waals surface area contributed by atoms with E-state index in [1.165, 1.54) is 0 Å². The highest BCUT2D eigenvalue weighted by atomic mass is 16.3. The van der Waals surface area contributed by atoms with Crippen LogP contribution >= 0.6 is 0 Å². The first-order chi connectivity index (χ1) is 8.54. The number of rotatable bonds is 4. The average Bonchev–Trinajstić information content (AvgIpc) is 2.72. The van der Waals surface area contributed by atoms with Gasteiger partial charge in [-0.2, -0.15) is 0 Å². The van der Waals surface area contributed by atoms with Crippen LogP contribution < -0.4 is 5.73 Å². The van der Waals surface area contributed by atoms with E-state index in [1.54, 1.807) is 0 Å². The maximum Gasteiger partial charge on any atom is 0.152 e. The van der Waals surface area contributed by atoms with Gasteiger partial charge in [0.05, 0.1) is 0 Å². The Morgan fingerprint density at radius 1 is 1.28 bits per heavy atom. The lowest BCUT2D eigenvalue weighted by Gasteiger charge is -2.06. The first-order valence-electron chi connectivity index (χ1n) is 6.21. The van der Waals surface area contributed by atoms with E-state index in [4.69, 9.17) is 10.2 Å². The molecule has 2 N–H and O–H groups in total. The summed E-state index contributed by atoms with van der Waals surface area (Å²) < 4.78 is 5.59. The molecule has 0 aliphatic carbocycles. The molecule has 2 rings (SSSR count). The molecule has 0 saturated carbocycles. The van der Waals surface area contributed by atoms with Crippen molar-refractivity contribution in [2.45, 2.75) is 39.7 Å². The molecule has 0 aliphatic heterocycles. The standard InChI is InChI=1S/C14H19N3O/c1-9(15)4-7-14-16-10(2)8-12(17-14)13-6-5-11(3)18-13/h5-6,8-9H,4,7,15H2,1-3H3. The number of nitrogens with zero attached hydrogens (tertiary/aromatic N) is 2. The number of aromatic nitrogens is 2. The van der Waals surface area contributed by atoms with Gasteiger partial charge >= 0.3 is 0 Å². The van der Waals surface area contributed by atoms with Gasteiger partial charge in [0.2, 0.25) is 0 Å². The van der Waals surface area contributed by atoms with E-state index >= 15 is 0 Å². The van der Waals surface area contributed by atoms with Crippen LogP contribution in [0.15, 0.2) is 22.6 Å². The summed E-state index contributed by atoms with van der Waals surface area (Å²) in [5, 5.41) is 0. The van der Waals surface area contributed by atoms with Gasteiger partial charge in [-0.1, -0.05) is 0 Å². The molecule has 4 nitrogen and oxygen atoms in total. The summed E-state index contributed by atoms with van der Waals surface area (Å²) in [7, 11) is 0. The average molecular weight is 245 g/mol. The second kappa shape index (κ2) is 5.31. The van der Waals surface area contributed by atoms with Gasteiger partial charge in [0.15, 0.2) is 5.76 Å². The maximum atomic E-state index is 5.76. The second-order valence-electron chi connectivity index (χ2n) is 4.74. The van der Waals surface area contributed by atoms with Crippen LogP contribution in [0.3, 0.4) is 0 Å². The van der Waals surface area contributed by atoms with Crippen LogP contribution in [0.5, 0.6) is 0 Å². The third-order valence-corrected chi connectivity index (χ3v) is 2.72. The van der Waals surface area contributed by atoms with E-state index < -0.39 is 0 Å². The van der Waals surface area contributed by atoms with E-state index in [0.29, 0.717) is 0 Å². The van der Waals surface area contributed by atoms with Crippen molar-refractivity contribution in [1.82, 2.24) is 9.97 Å². The zero-order valence-corrected chi connectivity index (χ0v) is 11.1. The Bertz CT molecular complexity index is 532. The fourth-order valence-electron chi connectivity index (χ4n) is 1.80. The summed E-state index contributed by atoms with van der Waals surface area (Å²) in [4.78, 5) is 8.96. The van der Waals surface area contributed by atoms with Gasteiger partial charge in [0, 0.05) is 18.2 Å². The van der Waals surface area contributed by atoms with Gasteiger partial charge in [0.25, 0.3) is 0 Å². The molecule has 4 heteroatoms. The topological polar surface area (TPSA) is 64.9 Å². The monoisotopic (exact) mass is 245 g/mol. The summed E-state index contributed by atoms with van der Waals surface area (Å²) in [5.74, 6) is 2.51. The van der Waals surface area contributed by atoms with Crippen LogP contribution in [0.4, 0.5) is 0 Å². The Kier molecular flexibility index (Phi) is 3.77. The quantitative estimate of drug-likeness (QED) is 0.899. The van der Waals surface area contributed by atoms with Crippen molar-refractivity contribution < 1.29 is 4.42 Å². The van der Waals surface area contributed by atoms with Gasteiger partial charge in [-0.3, -0.25) is 0 Å². The van der Waals surface area contributed by atoms with Crippen LogP contribution in [0.2, 0.25) is 0 Å². The molecule has 18 heavy (non-hydrogen) atoms. The maximum absolute atomic E-state index is 5.76. The largest absolute Gasteiger partial charge is 0.460 e. The highest BCUT2D eigenvalue weighted by Crippen LogP contribution is 2.20.